The number of aromatic nitrogens is 1. The van der Waals surface area contributed by atoms with Crippen molar-refractivity contribution in [2.75, 3.05) is 11.2 Å². The molecule has 6 heteroatoms. The summed E-state index contributed by atoms with van der Waals surface area (Å²) in [6.07, 6.45) is 3.30. The van der Waals surface area contributed by atoms with Crippen molar-refractivity contribution in [3.63, 3.8) is 0 Å². The quantitative estimate of drug-likeness (QED) is 0.608. The molecule has 4 rings (SSSR count). The van der Waals surface area contributed by atoms with Gasteiger partial charge in [-0.15, -0.1) is 0 Å². The van der Waals surface area contributed by atoms with E-state index in [1.54, 1.807) is 23.4 Å². The lowest BCUT2D eigenvalue weighted by molar-refractivity contribution is 0.180. The normalized spacial score (nSPS) is 15.9. The van der Waals surface area contributed by atoms with E-state index < -0.39 is 11.2 Å². The molecule has 0 bridgehead atoms. The van der Waals surface area contributed by atoms with Gasteiger partial charge in [-0.25, -0.2) is 14.7 Å². The first-order valence-electron chi connectivity index (χ1n) is 9.10. The van der Waals surface area contributed by atoms with Crippen LogP contribution in [0.2, 0.25) is 0 Å². The third-order valence-electron chi connectivity index (χ3n) is 5.02. The van der Waals surface area contributed by atoms with Crippen LogP contribution < -0.4 is 4.90 Å². The van der Waals surface area contributed by atoms with Gasteiger partial charge in [0.1, 0.15) is 17.8 Å². The number of hydrogen-bond acceptors (Lipinski definition) is 3. The van der Waals surface area contributed by atoms with Crippen LogP contribution in [0.1, 0.15) is 24.1 Å². The highest BCUT2D eigenvalue weighted by atomic mass is 32.2. The molecule has 1 aliphatic rings. The topological polar surface area (TPSA) is 59.5 Å². The average molecular weight is 391 g/mol. The van der Waals surface area contributed by atoms with E-state index in [1.165, 1.54) is 0 Å². The molecule has 0 N–H and O–H groups in total. The molecule has 0 radical (unpaired) electrons. The van der Waals surface area contributed by atoms with Crippen LogP contribution in [0.3, 0.4) is 0 Å². The van der Waals surface area contributed by atoms with Crippen molar-refractivity contribution >= 4 is 28.7 Å². The predicted octanol–water partition coefficient (Wildman–Crippen LogP) is 4.65. The number of anilines is 2. The Morgan fingerprint density at radius 3 is 2.50 bits per heavy atom. The van der Waals surface area contributed by atoms with E-state index >= 15 is 0 Å². The highest BCUT2D eigenvalue weighted by molar-refractivity contribution is 7.90. The summed E-state index contributed by atoms with van der Waals surface area (Å²) in [5.41, 5.74) is 2.63. The Hall–Kier alpha value is -2.83. The van der Waals surface area contributed by atoms with Gasteiger partial charge >= 0.3 is 6.03 Å². The van der Waals surface area contributed by atoms with Crippen molar-refractivity contribution in [3.8, 4) is 0 Å². The fourth-order valence-corrected chi connectivity index (χ4v) is 4.27. The second-order valence-corrected chi connectivity index (χ2v) is 8.09. The molecule has 2 heterocycles. The summed E-state index contributed by atoms with van der Waals surface area (Å²) in [5, 5.41) is 0. The first-order valence-corrected chi connectivity index (χ1v) is 10.7. The van der Waals surface area contributed by atoms with Gasteiger partial charge in [-0.3, -0.25) is 0 Å². The van der Waals surface area contributed by atoms with E-state index in [-0.39, 0.29) is 12.1 Å². The van der Waals surface area contributed by atoms with E-state index in [0.717, 1.165) is 11.1 Å². The SMILES string of the molecule is CC(c1ccccc1)N1Cc2cccnc2N(c2ccccc2[S+](C)[O-])C1=O. The Bertz CT molecular complexity index is 994. The minimum Gasteiger partial charge on any atom is -0.612 e. The molecule has 3 aromatic rings. The molecule has 0 saturated heterocycles. The molecule has 0 saturated carbocycles. The van der Waals surface area contributed by atoms with E-state index in [2.05, 4.69) is 4.98 Å². The molecule has 0 aliphatic carbocycles. The Balaban J connectivity index is 1.83. The predicted molar refractivity (Wildman–Crippen MR) is 111 cm³/mol. The van der Waals surface area contributed by atoms with Crippen LogP contribution in [0.25, 0.3) is 0 Å². The highest BCUT2D eigenvalue weighted by Gasteiger charge is 2.37. The molecular formula is C22H21N3O2S. The third kappa shape index (κ3) is 3.25. The molecule has 142 valence electrons. The lowest BCUT2D eigenvalue weighted by Crippen LogP contribution is -2.46. The number of hydrogen-bond donors (Lipinski definition) is 0. The molecule has 1 aliphatic heterocycles. The molecule has 5 nitrogen and oxygen atoms in total. The number of benzene rings is 2. The number of pyridine rings is 1. The standard InChI is InChI=1S/C22H21N3O2S/c1-16(17-9-4-3-5-10-17)24-15-18-11-8-14-23-21(18)25(22(24)26)19-12-6-7-13-20(19)28(2)27/h3-14,16H,15H2,1-2H3. The maximum Gasteiger partial charge on any atom is 0.331 e. The van der Waals surface area contributed by atoms with Crippen LogP contribution in [-0.4, -0.2) is 26.7 Å². The molecule has 0 spiro atoms. The van der Waals surface area contributed by atoms with Crippen molar-refractivity contribution in [3.05, 3.63) is 84.1 Å². The first-order chi connectivity index (χ1) is 13.6. The van der Waals surface area contributed by atoms with Gasteiger partial charge < -0.3 is 9.45 Å². The second-order valence-electron chi connectivity index (χ2n) is 6.74. The fraction of sp³-hybridized carbons (Fsp3) is 0.182. The summed E-state index contributed by atoms with van der Waals surface area (Å²) in [6, 6.07) is 20.8. The number of carbonyl (C=O) groups is 1. The zero-order chi connectivity index (χ0) is 19.7. The largest absolute Gasteiger partial charge is 0.612 e. The van der Waals surface area contributed by atoms with Crippen molar-refractivity contribution < 1.29 is 9.35 Å². The van der Waals surface area contributed by atoms with E-state index in [9.17, 15) is 9.35 Å². The van der Waals surface area contributed by atoms with Gasteiger partial charge in [0.25, 0.3) is 0 Å². The summed E-state index contributed by atoms with van der Waals surface area (Å²) in [7, 11) is 0. The summed E-state index contributed by atoms with van der Waals surface area (Å²) in [5.74, 6) is 0.599. The van der Waals surface area contributed by atoms with Gasteiger partial charge in [0.15, 0.2) is 4.90 Å². The van der Waals surface area contributed by atoms with Crippen LogP contribution >= 0.6 is 0 Å². The fourth-order valence-electron chi connectivity index (χ4n) is 3.54. The zero-order valence-electron chi connectivity index (χ0n) is 15.8. The van der Waals surface area contributed by atoms with Gasteiger partial charge in [0.2, 0.25) is 0 Å². The summed E-state index contributed by atoms with van der Waals surface area (Å²) < 4.78 is 12.3. The number of carbonyl (C=O) groups excluding carboxylic acids is 1. The lowest BCUT2D eigenvalue weighted by Gasteiger charge is -2.39. The van der Waals surface area contributed by atoms with Gasteiger partial charge in [-0.2, -0.15) is 0 Å². The maximum atomic E-state index is 13.6. The van der Waals surface area contributed by atoms with Gasteiger partial charge in [-0.05, 0) is 41.9 Å². The minimum atomic E-state index is -1.23. The van der Waals surface area contributed by atoms with Crippen LogP contribution in [0.4, 0.5) is 16.3 Å². The Labute approximate surface area is 167 Å². The van der Waals surface area contributed by atoms with Crippen molar-refractivity contribution in [1.82, 2.24) is 9.88 Å². The molecule has 1 aromatic heterocycles. The molecule has 2 aromatic carbocycles. The summed E-state index contributed by atoms with van der Waals surface area (Å²) in [4.78, 5) is 22.1. The maximum absolute atomic E-state index is 13.6. The number of nitrogens with zero attached hydrogens (tertiary/aromatic N) is 3. The number of amides is 2. The summed E-state index contributed by atoms with van der Waals surface area (Å²) in [6.45, 7) is 2.50. The second kappa shape index (κ2) is 7.66. The van der Waals surface area contributed by atoms with Crippen LogP contribution in [0, 0.1) is 0 Å². The van der Waals surface area contributed by atoms with Crippen molar-refractivity contribution in [1.29, 1.82) is 0 Å². The molecule has 28 heavy (non-hydrogen) atoms. The minimum absolute atomic E-state index is 0.108. The zero-order valence-corrected chi connectivity index (χ0v) is 16.6. The van der Waals surface area contributed by atoms with E-state index in [1.807, 2.05) is 72.5 Å². The van der Waals surface area contributed by atoms with Crippen molar-refractivity contribution in [2.24, 2.45) is 0 Å². The van der Waals surface area contributed by atoms with Gasteiger partial charge in [0, 0.05) is 11.8 Å². The van der Waals surface area contributed by atoms with E-state index in [4.69, 9.17) is 0 Å². The number of urea groups is 1. The molecule has 2 unspecified atom stereocenters. The van der Waals surface area contributed by atoms with Gasteiger partial charge in [-0.1, -0.05) is 48.5 Å². The Morgan fingerprint density at radius 2 is 1.75 bits per heavy atom. The molecule has 0 fully saturated rings. The molecule has 2 atom stereocenters. The molecular weight excluding hydrogens is 370 g/mol. The smallest absolute Gasteiger partial charge is 0.331 e. The third-order valence-corrected chi connectivity index (χ3v) is 5.99. The first kappa shape index (κ1) is 18.5. The highest BCUT2D eigenvalue weighted by Crippen LogP contribution is 2.39. The number of para-hydroxylation sites is 1. The van der Waals surface area contributed by atoms with Crippen molar-refractivity contribution in [2.45, 2.75) is 24.4 Å². The van der Waals surface area contributed by atoms with Crippen LogP contribution in [0.15, 0.2) is 77.8 Å². The lowest BCUT2D eigenvalue weighted by atomic mass is 10.0. The number of rotatable bonds is 4. The Kier molecular flexibility index (Phi) is 5.07. The van der Waals surface area contributed by atoms with Crippen LogP contribution in [-0.2, 0) is 17.7 Å². The van der Waals surface area contributed by atoms with Gasteiger partial charge in [0.05, 0.1) is 12.6 Å². The summed E-state index contributed by atoms with van der Waals surface area (Å²) >= 11 is -1.23. The van der Waals surface area contributed by atoms with Crippen LogP contribution in [0.5, 0.6) is 0 Å². The molecule has 2 amide bonds. The monoisotopic (exact) mass is 391 g/mol. The number of fused-ring (bicyclic) bond motifs is 1. The Morgan fingerprint density at radius 1 is 1.04 bits per heavy atom. The average Bonchev–Trinajstić information content (AvgIpc) is 2.73. The van der Waals surface area contributed by atoms with E-state index in [0.29, 0.717) is 22.9 Å².